The Morgan fingerprint density at radius 1 is 1.35 bits per heavy atom. The maximum absolute atomic E-state index is 12.5. The van der Waals surface area contributed by atoms with Crippen LogP contribution in [0.4, 0.5) is 0 Å². The third-order valence-corrected chi connectivity index (χ3v) is 5.87. The third-order valence-electron chi connectivity index (χ3n) is 3.48. The number of aromatic nitrogens is 3. The van der Waals surface area contributed by atoms with Crippen LogP contribution < -0.4 is 0 Å². The van der Waals surface area contributed by atoms with Crippen molar-refractivity contribution in [1.29, 1.82) is 0 Å². The molecule has 6 nitrogen and oxygen atoms in total. The van der Waals surface area contributed by atoms with Crippen molar-refractivity contribution in [2.75, 3.05) is 13.1 Å². The van der Waals surface area contributed by atoms with Crippen molar-refractivity contribution >= 4 is 21.6 Å². The highest BCUT2D eigenvalue weighted by Gasteiger charge is 2.38. The van der Waals surface area contributed by atoms with Gasteiger partial charge in [-0.3, -0.25) is 0 Å². The molecule has 106 valence electrons. The van der Waals surface area contributed by atoms with Crippen molar-refractivity contribution in [3.8, 4) is 0 Å². The fourth-order valence-corrected chi connectivity index (χ4v) is 4.19. The third kappa shape index (κ3) is 2.11. The minimum atomic E-state index is -3.49. The van der Waals surface area contributed by atoms with E-state index >= 15 is 0 Å². The van der Waals surface area contributed by atoms with Crippen molar-refractivity contribution in [2.45, 2.75) is 17.9 Å². The molecule has 2 heterocycles. The van der Waals surface area contributed by atoms with E-state index in [4.69, 9.17) is 11.6 Å². The first-order valence-corrected chi connectivity index (χ1v) is 7.93. The van der Waals surface area contributed by atoms with Crippen molar-refractivity contribution in [1.82, 2.24) is 19.3 Å². The predicted molar refractivity (Wildman–Crippen MR) is 74.0 cm³/mol. The first kappa shape index (κ1) is 13.5. The minimum Gasteiger partial charge on any atom is -0.247 e. The number of benzene rings is 1. The van der Waals surface area contributed by atoms with Gasteiger partial charge in [-0.15, -0.1) is 5.10 Å². The van der Waals surface area contributed by atoms with Crippen LogP contribution in [-0.4, -0.2) is 40.8 Å². The second-order valence-corrected chi connectivity index (χ2v) is 7.04. The van der Waals surface area contributed by atoms with Gasteiger partial charge in [0.2, 0.25) is 10.0 Å². The van der Waals surface area contributed by atoms with Crippen molar-refractivity contribution in [3.05, 3.63) is 41.2 Å². The minimum absolute atomic E-state index is 0.0479. The van der Waals surface area contributed by atoms with E-state index in [0.717, 1.165) is 0 Å². The Bertz CT molecular complexity index is 724. The molecule has 0 atom stereocenters. The molecule has 3 rings (SSSR count). The summed E-state index contributed by atoms with van der Waals surface area (Å²) in [5.74, 6) is 0. The Kier molecular flexibility index (Phi) is 3.27. The molecule has 1 aromatic heterocycles. The molecule has 0 saturated carbocycles. The molecule has 1 saturated heterocycles. The molecule has 20 heavy (non-hydrogen) atoms. The zero-order valence-electron chi connectivity index (χ0n) is 10.8. The van der Waals surface area contributed by atoms with Crippen LogP contribution in [0, 0.1) is 6.92 Å². The van der Waals surface area contributed by atoms with E-state index < -0.39 is 10.0 Å². The van der Waals surface area contributed by atoms with Gasteiger partial charge < -0.3 is 0 Å². The van der Waals surface area contributed by atoms with E-state index in [1.54, 1.807) is 42.2 Å². The van der Waals surface area contributed by atoms with Crippen LogP contribution in [0.15, 0.2) is 35.5 Å². The molecule has 8 heteroatoms. The Morgan fingerprint density at radius 3 is 2.75 bits per heavy atom. The van der Waals surface area contributed by atoms with Gasteiger partial charge in [-0.1, -0.05) is 22.9 Å². The molecule has 0 unspecified atom stereocenters. The Balaban J connectivity index is 1.83. The van der Waals surface area contributed by atoms with Gasteiger partial charge in [-0.05, 0) is 24.6 Å². The highest BCUT2D eigenvalue weighted by Crippen LogP contribution is 2.31. The Hall–Kier alpha value is -1.44. The topological polar surface area (TPSA) is 68.1 Å². The highest BCUT2D eigenvalue weighted by atomic mass is 35.5. The van der Waals surface area contributed by atoms with Gasteiger partial charge in [0.05, 0.1) is 17.1 Å². The first-order valence-electron chi connectivity index (χ1n) is 6.11. The van der Waals surface area contributed by atoms with Crippen molar-refractivity contribution < 1.29 is 8.42 Å². The van der Waals surface area contributed by atoms with Gasteiger partial charge in [0.15, 0.2) is 0 Å². The molecule has 0 amide bonds. The summed E-state index contributed by atoms with van der Waals surface area (Å²) in [6.07, 6.45) is 3.32. The number of nitrogens with zero attached hydrogens (tertiary/aromatic N) is 4. The average molecular weight is 313 g/mol. The van der Waals surface area contributed by atoms with Crippen LogP contribution >= 0.6 is 11.6 Å². The highest BCUT2D eigenvalue weighted by molar-refractivity contribution is 7.89. The Morgan fingerprint density at radius 2 is 2.10 bits per heavy atom. The number of rotatable bonds is 3. The molecule has 1 aliphatic rings. The van der Waals surface area contributed by atoms with Crippen LogP contribution in [0.2, 0.25) is 5.02 Å². The summed E-state index contributed by atoms with van der Waals surface area (Å²) in [6, 6.07) is 4.97. The summed E-state index contributed by atoms with van der Waals surface area (Å²) in [5.41, 5.74) is 0.582. The largest absolute Gasteiger partial charge is 0.247 e. The molecule has 1 aliphatic heterocycles. The lowest BCUT2D eigenvalue weighted by molar-refractivity contribution is 0.189. The number of hydrogen-bond donors (Lipinski definition) is 0. The van der Waals surface area contributed by atoms with Crippen LogP contribution in [0.25, 0.3) is 0 Å². The monoisotopic (exact) mass is 312 g/mol. The van der Waals surface area contributed by atoms with Gasteiger partial charge in [0.25, 0.3) is 0 Å². The van der Waals surface area contributed by atoms with Crippen LogP contribution in [0.3, 0.4) is 0 Å². The molecule has 1 fully saturated rings. The SMILES string of the molecule is Cc1c(Cl)cccc1S(=O)(=O)N1CC(n2ccnn2)C1. The van der Waals surface area contributed by atoms with Crippen LogP contribution in [0.1, 0.15) is 11.6 Å². The lowest BCUT2D eigenvalue weighted by Crippen LogP contribution is -2.50. The number of sulfonamides is 1. The fraction of sp³-hybridized carbons (Fsp3) is 0.333. The van der Waals surface area contributed by atoms with E-state index in [1.807, 2.05) is 0 Å². The number of halogens is 1. The molecule has 0 radical (unpaired) electrons. The second-order valence-electron chi connectivity index (χ2n) is 4.72. The standard InChI is InChI=1S/C12H13ClN4O2S/c1-9-11(13)3-2-4-12(9)20(18,19)16-7-10(8-16)17-6-5-14-15-17/h2-6,10H,7-8H2,1H3. The summed E-state index contributed by atoms with van der Waals surface area (Å²) in [5, 5.41) is 8.06. The van der Waals surface area contributed by atoms with Crippen molar-refractivity contribution in [3.63, 3.8) is 0 Å². The molecule has 0 bridgehead atoms. The quantitative estimate of drug-likeness (QED) is 0.861. The molecule has 0 N–H and O–H groups in total. The van der Waals surface area contributed by atoms with Crippen LogP contribution in [-0.2, 0) is 10.0 Å². The van der Waals surface area contributed by atoms with E-state index in [2.05, 4.69) is 10.3 Å². The zero-order chi connectivity index (χ0) is 14.3. The van der Waals surface area contributed by atoms with E-state index in [9.17, 15) is 8.42 Å². The fourth-order valence-electron chi connectivity index (χ4n) is 2.20. The van der Waals surface area contributed by atoms with Crippen molar-refractivity contribution in [2.24, 2.45) is 0 Å². The summed E-state index contributed by atoms with van der Waals surface area (Å²) in [6.45, 7) is 2.51. The van der Waals surface area contributed by atoms with Gasteiger partial charge in [-0.2, -0.15) is 4.31 Å². The lowest BCUT2D eigenvalue weighted by atomic mass is 10.2. The van der Waals surface area contributed by atoms with Gasteiger partial charge in [-0.25, -0.2) is 13.1 Å². The van der Waals surface area contributed by atoms with Crippen LogP contribution in [0.5, 0.6) is 0 Å². The summed E-state index contributed by atoms with van der Waals surface area (Å²) in [4.78, 5) is 0.266. The van der Waals surface area contributed by atoms with E-state index in [-0.39, 0.29) is 10.9 Å². The van der Waals surface area contributed by atoms with E-state index in [0.29, 0.717) is 23.7 Å². The number of hydrogen-bond acceptors (Lipinski definition) is 4. The maximum atomic E-state index is 12.5. The summed E-state index contributed by atoms with van der Waals surface area (Å²) in [7, 11) is -3.49. The molecule has 2 aromatic rings. The van der Waals surface area contributed by atoms with Gasteiger partial charge in [0.1, 0.15) is 0 Å². The van der Waals surface area contributed by atoms with Gasteiger partial charge >= 0.3 is 0 Å². The van der Waals surface area contributed by atoms with Gasteiger partial charge in [0, 0.05) is 24.3 Å². The zero-order valence-corrected chi connectivity index (χ0v) is 12.3. The lowest BCUT2D eigenvalue weighted by Gasteiger charge is -2.37. The summed E-state index contributed by atoms with van der Waals surface area (Å²) >= 11 is 5.99. The molecular weight excluding hydrogens is 300 g/mol. The maximum Gasteiger partial charge on any atom is 0.243 e. The molecule has 0 spiro atoms. The second kappa shape index (κ2) is 4.83. The Labute approximate surface area is 122 Å². The smallest absolute Gasteiger partial charge is 0.243 e. The normalized spacial score (nSPS) is 17.1. The molecular formula is C12H13ClN4O2S. The molecule has 0 aliphatic carbocycles. The molecule has 1 aromatic carbocycles. The summed E-state index contributed by atoms with van der Waals surface area (Å²) < 4.78 is 28.2. The average Bonchev–Trinajstić information content (AvgIpc) is 2.83. The first-order chi connectivity index (χ1) is 9.50. The van der Waals surface area contributed by atoms with E-state index in [1.165, 1.54) is 4.31 Å². The predicted octanol–water partition coefficient (Wildman–Crippen LogP) is 1.49.